The van der Waals surface area contributed by atoms with Crippen molar-refractivity contribution in [1.82, 2.24) is 9.97 Å². The van der Waals surface area contributed by atoms with Crippen LogP contribution in [0.1, 0.15) is 68.4 Å². The topological polar surface area (TPSA) is 37.8 Å². The van der Waals surface area contributed by atoms with Crippen LogP contribution in [0, 0.1) is 0 Å². The Morgan fingerprint density at radius 2 is 1.76 bits per heavy atom. The van der Waals surface area contributed by atoms with E-state index in [1.807, 2.05) is 7.05 Å². The summed E-state index contributed by atoms with van der Waals surface area (Å²) in [4.78, 5) is 9.68. The summed E-state index contributed by atoms with van der Waals surface area (Å²) in [6, 6.07) is 0. The molecule has 116 valence electrons. The van der Waals surface area contributed by atoms with Gasteiger partial charge >= 0.3 is 0 Å². The van der Waals surface area contributed by atoms with Crippen molar-refractivity contribution in [3.63, 3.8) is 0 Å². The van der Waals surface area contributed by atoms with Crippen molar-refractivity contribution < 1.29 is 0 Å². The lowest BCUT2D eigenvalue weighted by Gasteiger charge is -2.21. The molecule has 4 heteroatoms. The van der Waals surface area contributed by atoms with Crippen LogP contribution in [0.15, 0.2) is 0 Å². The summed E-state index contributed by atoms with van der Waals surface area (Å²) < 4.78 is 0. The Morgan fingerprint density at radius 1 is 1.00 bits per heavy atom. The minimum atomic E-state index is 0.833. The summed E-state index contributed by atoms with van der Waals surface area (Å²) in [5.41, 5.74) is 2.69. The molecule has 0 bridgehead atoms. The van der Waals surface area contributed by atoms with E-state index in [0.29, 0.717) is 0 Å². The summed E-state index contributed by atoms with van der Waals surface area (Å²) in [5.74, 6) is 3.10. The van der Waals surface area contributed by atoms with E-state index in [4.69, 9.17) is 9.97 Å². The van der Waals surface area contributed by atoms with Crippen molar-refractivity contribution >= 4 is 17.6 Å². The van der Waals surface area contributed by atoms with Crippen molar-refractivity contribution in [2.75, 3.05) is 12.4 Å². The smallest absolute Gasteiger partial charge is 0.140 e. The molecule has 1 aromatic rings. The maximum Gasteiger partial charge on any atom is 0.140 e. The Kier molecular flexibility index (Phi) is 5.39. The molecule has 0 atom stereocenters. The quantitative estimate of drug-likeness (QED) is 0.839. The zero-order valence-electron chi connectivity index (χ0n) is 13.2. The fourth-order valence-corrected chi connectivity index (χ4v) is 4.70. The van der Waals surface area contributed by atoms with Crippen molar-refractivity contribution in [2.45, 2.75) is 75.2 Å². The predicted octanol–water partition coefficient (Wildman–Crippen LogP) is 4.35. The number of aromatic nitrogens is 2. The average Bonchev–Trinajstić information content (AvgIpc) is 2.78. The van der Waals surface area contributed by atoms with E-state index in [2.05, 4.69) is 17.1 Å². The van der Waals surface area contributed by atoms with E-state index in [0.717, 1.165) is 35.5 Å². The van der Waals surface area contributed by atoms with Gasteiger partial charge in [0.25, 0.3) is 0 Å². The lowest BCUT2D eigenvalue weighted by Crippen LogP contribution is -2.11. The normalized spacial score (nSPS) is 19.9. The molecule has 0 amide bonds. The van der Waals surface area contributed by atoms with Gasteiger partial charge in [-0.3, -0.25) is 0 Å². The van der Waals surface area contributed by atoms with Crippen molar-refractivity contribution in [1.29, 1.82) is 0 Å². The highest BCUT2D eigenvalue weighted by molar-refractivity contribution is 7.99. The molecule has 1 N–H and O–H groups in total. The number of fused-ring (bicyclic) bond motifs is 1. The Bertz CT molecular complexity index is 469. The third kappa shape index (κ3) is 3.91. The van der Waals surface area contributed by atoms with Crippen molar-refractivity contribution in [3.05, 3.63) is 17.1 Å². The van der Waals surface area contributed by atoms with Crippen LogP contribution in [0.4, 0.5) is 5.82 Å². The van der Waals surface area contributed by atoms with Crippen LogP contribution < -0.4 is 5.32 Å². The first kappa shape index (κ1) is 15.1. The molecular weight excluding hydrogens is 278 g/mol. The fraction of sp³-hybridized carbons (Fsp3) is 0.765. The highest BCUT2D eigenvalue weighted by Gasteiger charge is 2.18. The van der Waals surface area contributed by atoms with Crippen LogP contribution in [-0.2, 0) is 18.6 Å². The number of aryl methyl sites for hydroxylation is 1. The first-order valence-corrected chi connectivity index (χ1v) is 9.59. The number of hydrogen-bond acceptors (Lipinski definition) is 4. The van der Waals surface area contributed by atoms with E-state index in [1.165, 1.54) is 62.6 Å². The Labute approximate surface area is 132 Å². The molecule has 1 saturated carbocycles. The van der Waals surface area contributed by atoms with Gasteiger partial charge in [0.05, 0.1) is 5.75 Å². The molecule has 1 fully saturated rings. The van der Waals surface area contributed by atoms with E-state index >= 15 is 0 Å². The predicted molar refractivity (Wildman–Crippen MR) is 91.0 cm³/mol. The SMILES string of the molecule is CNc1nc(CSC2CCCCC2)nc2c1CCCCC2. The first-order valence-electron chi connectivity index (χ1n) is 8.55. The molecule has 1 aromatic heterocycles. The number of thioether (sulfide) groups is 1. The Hall–Kier alpha value is -0.770. The van der Waals surface area contributed by atoms with E-state index < -0.39 is 0 Å². The number of nitrogens with zero attached hydrogens (tertiary/aromatic N) is 2. The molecule has 0 aliphatic heterocycles. The molecule has 0 unspecified atom stereocenters. The molecule has 2 aliphatic carbocycles. The van der Waals surface area contributed by atoms with Crippen molar-refractivity contribution in [3.8, 4) is 0 Å². The minimum Gasteiger partial charge on any atom is -0.373 e. The molecule has 0 aromatic carbocycles. The van der Waals surface area contributed by atoms with Gasteiger partial charge < -0.3 is 5.32 Å². The molecular formula is C17H27N3S. The zero-order valence-corrected chi connectivity index (χ0v) is 14.0. The summed E-state index contributed by atoms with van der Waals surface area (Å²) in [7, 11) is 1.99. The summed E-state index contributed by atoms with van der Waals surface area (Å²) in [6.45, 7) is 0. The van der Waals surface area contributed by atoms with Crippen LogP contribution in [-0.4, -0.2) is 22.3 Å². The first-order chi connectivity index (χ1) is 10.4. The van der Waals surface area contributed by atoms with Gasteiger partial charge in [-0.25, -0.2) is 9.97 Å². The lowest BCUT2D eigenvalue weighted by molar-refractivity contribution is 0.516. The number of anilines is 1. The monoisotopic (exact) mass is 305 g/mol. The standard InChI is InChI=1S/C17H27N3S/c1-18-17-14-10-6-3-7-11-15(14)19-16(20-17)12-21-13-8-4-2-5-9-13/h13H,2-12H2,1H3,(H,18,19,20). The molecule has 0 spiro atoms. The molecule has 3 rings (SSSR count). The second kappa shape index (κ2) is 7.48. The van der Waals surface area contributed by atoms with Gasteiger partial charge in [0.2, 0.25) is 0 Å². The van der Waals surface area contributed by atoms with Crippen molar-refractivity contribution in [2.24, 2.45) is 0 Å². The molecule has 3 nitrogen and oxygen atoms in total. The summed E-state index contributed by atoms with van der Waals surface area (Å²) >= 11 is 2.07. The molecule has 0 saturated heterocycles. The number of rotatable bonds is 4. The van der Waals surface area contributed by atoms with Gasteiger partial charge in [0.1, 0.15) is 11.6 Å². The fourth-order valence-electron chi connectivity index (χ4n) is 3.52. The van der Waals surface area contributed by atoms with Crippen LogP contribution in [0.25, 0.3) is 0 Å². The van der Waals surface area contributed by atoms with E-state index in [1.54, 1.807) is 0 Å². The average molecular weight is 305 g/mol. The maximum absolute atomic E-state index is 4.89. The molecule has 2 aliphatic rings. The third-order valence-corrected chi connectivity index (χ3v) is 6.08. The van der Waals surface area contributed by atoms with E-state index in [9.17, 15) is 0 Å². The highest BCUT2D eigenvalue weighted by atomic mass is 32.2. The van der Waals surface area contributed by atoms with Crippen LogP contribution >= 0.6 is 11.8 Å². The van der Waals surface area contributed by atoms with Gasteiger partial charge in [-0.2, -0.15) is 11.8 Å². The number of nitrogens with one attached hydrogen (secondary N) is 1. The molecule has 1 heterocycles. The summed E-state index contributed by atoms with van der Waals surface area (Å²) in [6.07, 6.45) is 13.2. The second-order valence-corrected chi connectivity index (χ2v) is 7.58. The molecule has 0 radical (unpaired) electrons. The lowest BCUT2D eigenvalue weighted by atomic mass is 10.0. The molecule has 21 heavy (non-hydrogen) atoms. The van der Waals surface area contributed by atoms with E-state index in [-0.39, 0.29) is 0 Å². The summed E-state index contributed by atoms with van der Waals surface area (Å²) in [5, 5.41) is 4.13. The highest BCUT2D eigenvalue weighted by Crippen LogP contribution is 2.31. The zero-order chi connectivity index (χ0) is 14.5. The Morgan fingerprint density at radius 3 is 2.57 bits per heavy atom. The second-order valence-electron chi connectivity index (χ2n) is 6.30. The Balaban J connectivity index is 1.71. The van der Waals surface area contributed by atoms with Gasteiger partial charge in [0, 0.05) is 23.6 Å². The third-order valence-electron chi connectivity index (χ3n) is 4.72. The van der Waals surface area contributed by atoms with Crippen LogP contribution in [0.2, 0.25) is 0 Å². The number of hydrogen-bond donors (Lipinski definition) is 1. The van der Waals surface area contributed by atoms with Gasteiger partial charge in [-0.05, 0) is 38.5 Å². The van der Waals surface area contributed by atoms with Crippen LogP contribution in [0.3, 0.4) is 0 Å². The van der Waals surface area contributed by atoms with Crippen LogP contribution in [0.5, 0.6) is 0 Å². The van der Waals surface area contributed by atoms with Gasteiger partial charge in [0.15, 0.2) is 0 Å². The van der Waals surface area contributed by atoms with Gasteiger partial charge in [-0.15, -0.1) is 0 Å². The largest absolute Gasteiger partial charge is 0.373 e. The minimum absolute atomic E-state index is 0.833. The van der Waals surface area contributed by atoms with Gasteiger partial charge in [-0.1, -0.05) is 25.7 Å². The maximum atomic E-state index is 4.89.